The number of aromatic amines is 1. The number of H-pyrrole nitrogens is 1. The fourth-order valence-electron chi connectivity index (χ4n) is 3.96. The third-order valence-electron chi connectivity index (χ3n) is 5.30. The van der Waals surface area contributed by atoms with Gasteiger partial charge in [0, 0.05) is 43.0 Å². The van der Waals surface area contributed by atoms with E-state index < -0.39 is 0 Å². The molecule has 0 unspecified atom stereocenters. The lowest BCUT2D eigenvalue weighted by Crippen LogP contribution is -2.28. The molecule has 2 aromatic heterocycles. The molecule has 3 heterocycles. The number of allylic oxidation sites excluding steroid dienone is 2. The zero-order valence-corrected chi connectivity index (χ0v) is 14.4. The molecule has 2 aliphatic rings. The van der Waals surface area contributed by atoms with E-state index in [0.29, 0.717) is 11.7 Å². The van der Waals surface area contributed by atoms with Crippen LogP contribution in [0.3, 0.4) is 0 Å². The van der Waals surface area contributed by atoms with Crippen molar-refractivity contribution >= 4 is 0 Å². The maximum Gasteiger partial charge on any atom is 0.251 e. The average molecular weight is 336 g/mol. The summed E-state index contributed by atoms with van der Waals surface area (Å²) in [5.41, 5.74) is 1.74. The minimum atomic E-state index is -0.0762. The maximum atomic E-state index is 12.1. The Balaban J connectivity index is 1.48. The molecule has 2 atom stereocenters. The predicted molar refractivity (Wildman–Crippen MR) is 98.4 cm³/mol. The molecule has 130 valence electrons. The molecule has 1 aliphatic heterocycles. The molecule has 2 aromatic rings. The van der Waals surface area contributed by atoms with Gasteiger partial charge in [-0.3, -0.25) is 9.78 Å². The largest absolute Gasteiger partial charge is 0.307 e. The summed E-state index contributed by atoms with van der Waals surface area (Å²) in [5, 5.41) is 0. The van der Waals surface area contributed by atoms with Crippen LogP contribution in [-0.4, -0.2) is 39.5 Å². The van der Waals surface area contributed by atoms with Crippen molar-refractivity contribution in [1.82, 2.24) is 19.9 Å². The van der Waals surface area contributed by atoms with Gasteiger partial charge in [0.15, 0.2) is 0 Å². The van der Waals surface area contributed by atoms with Crippen molar-refractivity contribution in [2.75, 3.05) is 19.6 Å². The van der Waals surface area contributed by atoms with Crippen LogP contribution in [0.1, 0.15) is 37.3 Å². The molecule has 4 rings (SSSR count). The monoisotopic (exact) mass is 336 g/mol. The molecule has 1 aliphatic carbocycles. The first-order valence-corrected chi connectivity index (χ1v) is 9.17. The number of nitrogens with one attached hydrogen (secondary N) is 1. The van der Waals surface area contributed by atoms with Crippen molar-refractivity contribution in [2.45, 2.75) is 31.6 Å². The van der Waals surface area contributed by atoms with Crippen molar-refractivity contribution < 1.29 is 0 Å². The highest BCUT2D eigenvalue weighted by Crippen LogP contribution is 2.28. The number of aromatic nitrogens is 3. The van der Waals surface area contributed by atoms with Gasteiger partial charge in [0.1, 0.15) is 5.82 Å². The summed E-state index contributed by atoms with van der Waals surface area (Å²) >= 11 is 0. The molecule has 25 heavy (non-hydrogen) atoms. The Bertz CT molecular complexity index is 799. The molecule has 0 saturated carbocycles. The Hall–Kier alpha value is -2.27. The van der Waals surface area contributed by atoms with Gasteiger partial charge in [-0.05, 0) is 50.3 Å². The molecule has 0 spiro atoms. The fourth-order valence-corrected chi connectivity index (χ4v) is 3.96. The van der Waals surface area contributed by atoms with Gasteiger partial charge in [-0.25, -0.2) is 4.98 Å². The van der Waals surface area contributed by atoms with E-state index in [-0.39, 0.29) is 5.56 Å². The summed E-state index contributed by atoms with van der Waals surface area (Å²) in [6.07, 6.45) is 12.9. The zero-order valence-electron chi connectivity index (χ0n) is 14.4. The minimum absolute atomic E-state index is 0.0762. The van der Waals surface area contributed by atoms with E-state index in [1.807, 2.05) is 12.1 Å². The van der Waals surface area contributed by atoms with E-state index in [0.717, 1.165) is 36.7 Å². The topological polar surface area (TPSA) is 61.9 Å². The lowest BCUT2D eigenvalue weighted by molar-refractivity contribution is 0.263. The van der Waals surface area contributed by atoms with Crippen molar-refractivity contribution in [2.24, 2.45) is 5.92 Å². The Morgan fingerprint density at radius 1 is 1.20 bits per heavy atom. The number of hydrogen-bond donors (Lipinski definition) is 1. The molecular formula is C20H24N4O. The molecule has 0 bridgehead atoms. The highest BCUT2D eigenvalue weighted by molar-refractivity contribution is 5.53. The SMILES string of the molecule is O=c1cc([C@H]2CCN(C[C@@H]3CC=CCC3)C2)nc(-c2ccncc2)[nH]1. The van der Waals surface area contributed by atoms with Crippen LogP contribution < -0.4 is 5.56 Å². The smallest absolute Gasteiger partial charge is 0.251 e. The Kier molecular flexibility index (Phi) is 4.74. The van der Waals surface area contributed by atoms with Crippen LogP contribution in [0.2, 0.25) is 0 Å². The second-order valence-electron chi connectivity index (χ2n) is 7.15. The molecule has 5 nitrogen and oxygen atoms in total. The lowest BCUT2D eigenvalue weighted by atomic mass is 9.94. The van der Waals surface area contributed by atoms with Crippen molar-refractivity contribution in [3.05, 3.63) is 58.8 Å². The summed E-state index contributed by atoms with van der Waals surface area (Å²) in [4.78, 5) is 26.3. The van der Waals surface area contributed by atoms with Crippen molar-refractivity contribution in [3.63, 3.8) is 0 Å². The quantitative estimate of drug-likeness (QED) is 0.872. The van der Waals surface area contributed by atoms with E-state index in [9.17, 15) is 4.79 Å². The second kappa shape index (κ2) is 7.31. The molecule has 1 saturated heterocycles. The average Bonchev–Trinajstić information content (AvgIpc) is 3.11. The third-order valence-corrected chi connectivity index (χ3v) is 5.30. The third kappa shape index (κ3) is 3.87. The lowest BCUT2D eigenvalue weighted by Gasteiger charge is -2.24. The van der Waals surface area contributed by atoms with Crippen LogP contribution in [0.5, 0.6) is 0 Å². The zero-order chi connectivity index (χ0) is 17.1. The van der Waals surface area contributed by atoms with E-state index in [1.54, 1.807) is 18.5 Å². The van der Waals surface area contributed by atoms with E-state index in [1.165, 1.54) is 25.8 Å². The highest BCUT2D eigenvalue weighted by Gasteiger charge is 2.27. The Morgan fingerprint density at radius 3 is 2.88 bits per heavy atom. The van der Waals surface area contributed by atoms with Crippen LogP contribution in [-0.2, 0) is 0 Å². The number of nitrogens with zero attached hydrogens (tertiary/aromatic N) is 3. The Morgan fingerprint density at radius 2 is 2.08 bits per heavy atom. The molecule has 0 radical (unpaired) electrons. The molecule has 0 amide bonds. The van der Waals surface area contributed by atoms with Gasteiger partial charge in [-0.2, -0.15) is 0 Å². The van der Waals surface area contributed by atoms with Gasteiger partial charge in [0.2, 0.25) is 0 Å². The summed E-state index contributed by atoms with van der Waals surface area (Å²) in [7, 11) is 0. The fraction of sp³-hybridized carbons (Fsp3) is 0.450. The standard InChI is InChI=1S/C20H24N4O/c25-19-12-18(22-20(23-19)16-6-9-21-10-7-16)17-8-11-24(14-17)13-15-4-2-1-3-5-15/h1-2,6-7,9-10,12,15,17H,3-5,8,11,13-14H2,(H,22,23,25)/t15-,17+/m1/s1. The summed E-state index contributed by atoms with van der Waals surface area (Å²) in [6, 6.07) is 5.42. The van der Waals surface area contributed by atoms with Gasteiger partial charge >= 0.3 is 0 Å². The number of rotatable bonds is 4. The van der Waals surface area contributed by atoms with Gasteiger partial charge in [0.25, 0.3) is 5.56 Å². The number of pyridine rings is 1. The van der Waals surface area contributed by atoms with Gasteiger partial charge < -0.3 is 9.88 Å². The normalized spacial score (nSPS) is 23.8. The first-order valence-electron chi connectivity index (χ1n) is 9.17. The highest BCUT2D eigenvalue weighted by atomic mass is 16.1. The predicted octanol–water partition coefficient (Wildman–Crippen LogP) is 2.98. The number of likely N-dealkylation sites (tertiary alicyclic amines) is 1. The molecular weight excluding hydrogens is 312 g/mol. The van der Waals surface area contributed by atoms with Crippen LogP contribution in [0.25, 0.3) is 11.4 Å². The van der Waals surface area contributed by atoms with E-state index >= 15 is 0 Å². The maximum absolute atomic E-state index is 12.1. The van der Waals surface area contributed by atoms with Crippen LogP contribution >= 0.6 is 0 Å². The van der Waals surface area contributed by atoms with E-state index in [2.05, 4.69) is 27.0 Å². The minimum Gasteiger partial charge on any atom is -0.307 e. The van der Waals surface area contributed by atoms with Gasteiger partial charge in [-0.1, -0.05) is 12.2 Å². The van der Waals surface area contributed by atoms with Gasteiger partial charge in [0.05, 0.1) is 5.69 Å². The first-order chi connectivity index (χ1) is 12.3. The van der Waals surface area contributed by atoms with Gasteiger partial charge in [-0.15, -0.1) is 0 Å². The van der Waals surface area contributed by atoms with Crippen molar-refractivity contribution in [3.8, 4) is 11.4 Å². The molecule has 0 aromatic carbocycles. The van der Waals surface area contributed by atoms with Crippen molar-refractivity contribution in [1.29, 1.82) is 0 Å². The van der Waals surface area contributed by atoms with Crippen LogP contribution in [0.4, 0.5) is 0 Å². The second-order valence-corrected chi connectivity index (χ2v) is 7.15. The molecule has 1 fully saturated rings. The van der Waals surface area contributed by atoms with Crippen LogP contribution in [0, 0.1) is 5.92 Å². The van der Waals surface area contributed by atoms with Crippen LogP contribution in [0.15, 0.2) is 47.5 Å². The van der Waals surface area contributed by atoms with E-state index in [4.69, 9.17) is 4.98 Å². The summed E-state index contributed by atoms with van der Waals surface area (Å²) in [6.45, 7) is 3.28. The molecule has 1 N–H and O–H groups in total. The first kappa shape index (κ1) is 16.2. The Labute approximate surface area is 147 Å². The molecule has 5 heteroatoms. The number of hydrogen-bond acceptors (Lipinski definition) is 4. The summed E-state index contributed by atoms with van der Waals surface area (Å²) in [5.74, 6) is 1.77. The summed E-state index contributed by atoms with van der Waals surface area (Å²) < 4.78 is 0.